The number of aliphatic hydroxyl groups is 2. The van der Waals surface area contributed by atoms with Gasteiger partial charge >= 0.3 is 36.4 Å². The Kier molecular flexibility index (Phi) is 59.7. The Bertz CT molecular complexity index is 1030. The van der Waals surface area contributed by atoms with Crippen LogP contribution in [0.4, 0.5) is 0 Å². The highest BCUT2D eigenvalue weighted by Crippen LogP contribution is 2.29. The molecule has 0 bridgehead atoms. The van der Waals surface area contributed by atoms with Crippen molar-refractivity contribution in [3.8, 4) is 0 Å². The van der Waals surface area contributed by atoms with Gasteiger partial charge in [-0.1, -0.05) is 74.1 Å². The van der Waals surface area contributed by atoms with E-state index in [1.807, 2.05) is 95.2 Å². The van der Waals surface area contributed by atoms with Gasteiger partial charge in [-0.3, -0.25) is 4.79 Å². The first-order valence-corrected chi connectivity index (χ1v) is 18.1. The van der Waals surface area contributed by atoms with E-state index in [2.05, 4.69) is 25.2 Å². The molecule has 0 rings (SSSR count). The van der Waals surface area contributed by atoms with Gasteiger partial charge in [0.25, 0.3) is 0 Å². The number of carbonyl (C=O) groups is 3. The molecule has 16 heteroatoms. The quantitative estimate of drug-likeness (QED) is 0.0585. The van der Waals surface area contributed by atoms with Crippen LogP contribution in [0.2, 0.25) is 0 Å². The average Bonchev–Trinajstić information content (AvgIpc) is 3.08. The first kappa shape index (κ1) is 66.3. The van der Waals surface area contributed by atoms with Crippen LogP contribution in [0.1, 0.15) is 103 Å². The van der Waals surface area contributed by atoms with Crippen molar-refractivity contribution >= 4 is 36.4 Å². The van der Waals surface area contributed by atoms with Gasteiger partial charge in [-0.2, -0.15) is 28.8 Å². The van der Waals surface area contributed by atoms with E-state index in [1.54, 1.807) is 0 Å². The second-order valence-electron chi connectivity index (χ2n) is 12.8. The largest absolute Gasteiger partial charge is 0.499 e. The highest BCUT2D eigenvalue weighted by atomic mass is 16.6. The monoisotopic (exact) mass is 806 g/mol. The smallest absolute Gasteiger partial charge is 0.373 e. The number of esters is 3. The van der Waals surface area contributed by atoms with Gasteiger partial charge < -0.3 is 33.9 Å². The lowest BCUT2D eigenvalue weighted by Crippen LogP contribution is -2.38. The fraction of sp³-hybridized carbons (Fsp3) is 0.700. The molecule has 0 saturated carbocycles. The maximum atomic E-state index is 12.1. The van der Waals surface area contributed by atoms with E-state index >= 15 is 0 Å². The molecule has 0 aromatic carbocycles. The minimum atomic E-state index is -0.256. The molecule has 0 amide bonds. The van der Waals surface area contributed by atoms with Crippen LogP contribution >= 0.6 is 0 Å². The molecule has 0 aromatic heterocycles. The minimum absolute atomic E-state index is 0.00609. The first-order valence-electron chi connectivity index (χ1n) is 18.1. The van der Waals surface area contributed by atoms with Crippen LogP contribution in [0.15, 0.2) is 37.1 Å². The normalized spacial score (nSPS) is 11.3. The molecule has 0 aliphatic heterocycles. The third-order valence-electron chi connectivity index (χ3n) is 5.59. The number of carbonyl (C=O) groups excluding carboxylic acids is 9. The van der Waals surface area contributed by atoms with E-state index in [4.69, 9.17) is 57.9 Å². The summed E-state index contributed by atoms with van der Waals surface area (Å²) in [4.78, 5) is 82.5. The summed E-state index contributed by atoms with van der Waals surface area (Å²) in [7, 11) is 0. The van der Waals surface area contributed by atoms with E-state index in [9.17, 15) is 14.4 Å². The molecule has 0 heterocycles. The van der Waals surface area contributed by atoms with E-state index in [0.29, 0.717) is 31.0 Å². The highest BCUT2D eigenvalue weighted by molar-refractivity contribution is 5.82. The Hall–Kier alpha value is -4.55. The van der Waals surface area contributed by atoms with E-state index < -0.39 is 0 Å². The molecular weight excluding hydrogens is 736 g/mol. The average molecular weight is 807 g/mol. The molecule has 0 spiro atoms. The van der Waals surface area contributed by atoms with Crippen LogP contribution in [0.25, 0.3) is 0 Å². The number of hydrogen-bond acceptors (Lipinski definition) is 16. The lowest BCUT2D eigenvalue weighted by Gasteiger charge is -2.33. The molecule has 326 valence electrons. The summed E-state index contributed by atoms with van der Waals surface area (Å²) in [5.41, 5.74) is 0. The van der Waals surface area contributed by atoms with Crippen LogP contribution in [0, 0.1) is 29.6 Å². The van der Waals surface area contributed by atoms with Crippen molar-refractivity contribution in [2.45, 2.75) is 128 Å². The number of hydrogen-bond donors (Lipinski definition) is 2. The second kappa shape index (κ2) is 50.5. The summed E-state index contributed by atoms with van der Waals surface area (Å²) in [6, 6.07) is 0. The highest BCUT2D eigenvalue weighted by Gasteiger charge is 2.34. The SMILES string of the molecule is C=COCCO.CC(C)/C=C/C(=O)OC(C)C.CC(C)/C=C/C(=O)OC(C)C.CCC(OCCO)C(C(C)C)C(C)C(=O)OC(C)C.O=C=O.O=C=O.O=C=O. The molecule has 2 N–H and O–H groups in total. The van der Waals surface area contributed by atoms with Gasteiger partial charge in [-0.05, 0) is 65.7 Å². The van der Waals surface area contributed by atoms with Crippen molar-refractivity contribution in [1.82, 2.24) is 0 Å². The predicted molar refractivity (Wildman–Crippen MR) is 205 cm³/mol. The molecule has 16 nitrogen and oxygen atoms in total. The predicted octanol–water partition coefficient (Wildman–Crippen LogP) is 5.32. The van der Waals surface area contributed by atoms with Crippen molar-refractivity contribution in [3.63, 3.8) is 0 Å². The van der Waals surface area contributed by atoms with E-state index in [0.717, 1.165) is 6.42 Å². The van der Waals surface area contributed by atoms with E-state index in [-0.39, 0.29) is 85.8 Å². The maximum absolute atomic E-state index is 12.1. The first-order chi connectivity index (χ1) is 26.0. The minimum Gasteiger partial charge on any atom is -0.499 e. The van der Waals surface area contributed by atoms with Gasteiger partial charge in [-0.15, -0.1) is 0 Å². The van der Waals surface area contributed by atoms with Crippen molar-refractivity contribution < 1.29 is 77.0 Å². The van der Waals surface area contributed by atoms with Crippen LogP contribution in [0.5, 0.6) is 0 Å². The summed E-state index contributed by atoms with van der Waals surface area (Å²) >= 11 is 0. The number of aliphatic hydroxyl groups excluding tert-OH is 2. The molecule has 56 heavy (non-hydrogen) atoms. The van der Waals surface area contributed by atoms with Crippen molar-refractivity contribution in [2.75, 3.05) is 26.4 Å². The summed E-state index contributed by atoms with van der Waals surface area (Å²) in [5, 5.41) is 16.9. The topological polar surface area (TPSA) is 240 Å². The number of rotatable bonds is 18. The molecule has 3 unspecified atom stereocenters. The number of allylic oxidation sites excluding steroid dienone is 2. The van der Waals surface area contributed by atoms with E-state index in [1.165, 1.54) is 18.4 Å². The molecular formula is C40H70O16. The van der Waals surface area contributed by atoms with Crippen molar-refractivity contribution in [1.29, 1.82) is 0 Å². The van der Waals surface area contributed by atoms with Gasteiger partial charge in [0.1, 0.15) is 6.61 Å². The Morgan fingerprint density at radius 3 is 1.16 bits per heavy atom. The second-order valence-corrected chi connectivity index (χ2v) is 12.8. The van der Waals surface area contributed by atoms with Gasteiger partial charge in [0, 0.05) is 18.1 Å². The molecule has 0 saturated heterocycles. The Morgan fingerprint density at radius 2 is 0.946 bits per heavy atom. The molecule has 0 fully saturated rings. The zero-order valence-corrected chi connectivity index (χ0v) is 35.9. The fourth-order valence-electron chi connectivity index (χ4n) is 3.75. The van der Waals surface area contributed by atoms with Crippen LogP contribution in [-0.4, -0.2) is 97.4 Å². The molecule has 0 aliphatic carbocycles. The lowest BCUT2D eigenvalue weighted by atomic mass is 9.79. The Labute approximate surface area is 334 Å². The molecule has 0 radical (unpaired) electrons. The summed E-state index contributed by atoms with van der Waals surface area (Å²) < 4.78 is 25.2. The molecule has 0 aliphatic rings. The number of ether oxygens (including phenoxy) is 5. The van der Waals surface area contributed by atoms with Crippen molar-refractivity contribution in [2.24, 2.45) is 29.6 Å². The van der Waals surface area contributed by atoms with Crippen molar-refractivity contribution in [3.05, 3.63) is 37.1 Å². The maximum Gasteiger partial charge on any atom is 0.373 e. The van der Waals surface area contributed by atoms with Gasteiger partial charge in [0.2, 0.25) is 0 Å². The van der Waals surface area contributed by atoms with Crippen LogP contribution in [0.3, 0.4) is 0 Å². The summed E-state index contributed by atoms with van der Waals surface area (Å²) in [6.45, 7) is 31.2. The summed E-state index contributed by atoms with van der Waals surface area (Å²) in [5.74, 6) is 0.332. The fourth-order valence-corrected chi connectivity index (χ4v) is 3.75. The third kappa shape index (κ3) is 64.4. The van der Waals surface area contributed by atoms with Crippen LogP contribution < -0.4 is 0 Å². The standard InChI is InChI=1S/C15H30O4.2C9H16O2.C4H8O2.3CO2/c1-7-13(18-9-8-16)14(10(2)3)12(6)15(17)19-11(4)5;2*1-7(2)5-6-9(10)11-8(3)4;1-2-6-4-3-5;3*2-1-3/h10-14,16H,7-9H2,1-6H3;2*5-8H,1-4H3;2,5H,1,3-4H2;;;/b;2*6-5+;;;;. The summed E-state index contributed by atoms with van der Waals surface area (Å²) in [6.07, 6.45) is 9.30. The Balaban J connectivity index is -0.000000112. The van der Waals surface area contributed by atoms with Gasteiger partial charge in [0.05, 0.1) is 56.4 Å². The molecule has 0 aromatic rings. The van der Waals surface area contributed by atoms with Crippen LogP contribution in [-0.2, 0) is 66.8 Å². The molecule has 3 atom stereocenters. The van der Waals surface area contributed by atoms with Gasteiger partial charge in [-0.25, -0.2) is 9.59 Å². The van der Waals surface area contributed by atoms with Gasteiger partial charge in [0.15, 0.2) is 0 Å². The third-order valence-corrected chi connectivity index (χ3v) is 5.59. The Morgan fingerprint density at radius 1 is 0.607 bits per heavy atom. The zero-order valence-electron chi connectivity index (χ0n) is 35.9. The zero-order chi connectivity index (χ0) is 45.7. The lowest BCUT2D eigenvalue weighted by molar-refractivity contribution is -0.193.